The molecule has 0 saturated heterocycles. The molecule has 118 valence electrons. The van der Waals surface area contributed by atoms with E-state index in [4.69, 9.17) is 15.2 Å². The van der Waals surface area contributed by atoms with Gasteiger partial charge in [0.1, 0.15) is 0 Å². The van der Waals surface area contributed by atoms with E-state index in [-0.39, 0.29) is 5.91 Å². The number of methoxy groups -OCH3 is 2. The second-order valence-corrected chi connectivity index (χ2v) is 4.89. The quantitative estimate of drug-likeness (QED) is 0.646. The largest absolute Gasteiger partial charge is 0.493 e. The molecular weight excluding hydrogens is 268 g/mol. The first kappa shape index (κ1) is 17.3. The molecule has 0 fully saturated rings. The highest BCUT2D eigenvalue weighted by atomic mass is 16.5. The van der Waals surface area contributed by atoms with Gasteiger partial charge in [0.15, 0.2) is 11.5 Å². The number of carbonyl (C=O) groups is 1. The fraction of sp³-hybridized carbons (Fsp3) is 0.562. The zero-order valence-corrected chi connectivity index (χ0v) is 13.0. The molecule has 0 aliphatic heterocycles. The van der Waals surface area contributed by atoms with Gasteiger partial charge in [0.2, 0.25) is 5.91 Å². The number of ether oxygens (including phenoxy) is 2. The number of carbonyl (C=O) groups excluding carboxylic acids is 1. The number of hydrogen-bond donors (Lipinski definition) is 2. The molecule has 0 aliphatic rings. The summed E-state index contributed by atoms with van der Waals surface area (Å²) in [5.74, 6) is 1.53. The molecule has 0 heterocycles. The van der Waals surface area contributed by atoms with Gasteiger partial charge in [-0.25, -0.2) is 0 Å². The van der Waals surface area contributed by atoms with Crippen molar-refractivity contribution in [3.05, 3.63) is 23.8 Å². The van der Waals surface area contributed by atoms with E-state index in [0.29, 0.717) is 31.0 Å². The van der Waals surface area contributed by atoms with Crippen molar-refractivity contribution in [2.24, 2.45) is 5.73 Å². The van der Waals surface area contributed by atoms with Crippen LogP contribution in [-0.2, 0) is 11.2 Å². The summed E-state index contributed by atoms with van der Waals surface area (Å²) in [6.07, 6.45) is 4.25. The predicted octanol–water partition coefficient (Wildman–Crippen LogP) is 1.88. The zero-order valence-electron chi connectivity index (χ0n) is 13.0. The van der Waals surface area contributed by atoms with Crippen LogP contribution in [0.1, 0.15) is 31.2 Å². The number of nitrogens with one attached hydrogen (secondary N) is 1. The minimum absolute atomic E-state index is 0.104. The van der Waals surface area contributed by atoms with E-state index in [1.54, 1.807) is 14.2 Å². The molecule has 21 heavy (non-hydrogen) atoms. The van der Waals surface area contributed by atoms with Gasteiger partial charge in [-0.3, -0.25) is 4.79 Å². The fourth-order valence-electron chi connectivity index (χ4n) is 2.08. The zero-order chi connectivity index (χ0) is 15.5. The summed E-state index contributed by atoms with van der Waals surface area (Å²) >= 11 is 0. The molecule has 5 heteroatoms. The molecule has 0 aliphatic carbocycles. The Kier molecular flexibility index (Phi) is 8.28. The van der Waals surface area contributed by atoms with E-state index >= 15 is 0 Å². The number of hydrogen-bond acceptors (Lipinski definition) is 4. The highest BCUT2D eigenvalue weighted by Crippen LogP contribution is 2.27. The molecule has 5 nitrogen and oxygen atoms in total. The van der Waals surface area contributed by atoms with Crippen molar-refractivity contribution < 1.29 is 14.3 Å². The standard InChI is InChI=1S/C16H26N2O3/c1-20-14-8-7-13(12-15(14)21-2)9-11-18-16(19)6-4-3-5-10-17/h7-8,12H,3-6,9-11,17H2,1-2H3,(H,18,19). The first-order valence-corrected chi connectivity index (χ1v) is 7.39. The predicted molar refractivity (Wildman–Crippen MR) is 83.8 cm³/mol. The van der Waals surface area contributed by atoms with Crippen LogP contribution in [-0.4, -0.2) is 33.2 Å². The average Bonchev–Trinajstić information content (AvgIpc) is 2.51. The van der Waals surface area contributed by atoms with Crippen LogP contribution in [0.3, 0.4) is 0 Å². The van der Waals surface area contributed by atoms with Crippen LogP contribution in [0.5, 0.6) is 11.5 Å². The van der Waals surface area contributed by atoms with Gasteiger partial charge >= 0.3 is 0 Å². The first-order valence-electron chi connectivity index (χ1n) is 7.39. The lowest BCUT2D eigenvalue weighted by molar-refractivity contribution is -0.121. The van der Waals surface area contributed by atoms with E-state index in [2.05, 4.69) is 5.32 Å². The molecule has 0 aromatic heterocycles. The molecule has 1 aromatic rings. The highest BCUT2D eigenvalue weighted by molar-refractivity contribution is 5.75. The Morgan fingerprint density at radius 1 is 1.14 bits per heavy atom. The summed E-state index contributed by atoms with van der Waals surface area (Å²) in [7, 11) is 3.23. The van der Waals surface area contributed by atoms with Crippen LogP contribution in [0.2, 0.25) is 0 Å². The molecule has 0 saturated carbocycles. The molecule has 3 N–H and O–H groups in total. The molecule has 0 bridgehead atoms. The van der Waals surface area contributed by atoms with Gasteiger partial charge in [0.25, 0.3) is 0 Å². The Morgan fingerprint density at radius 3 is 2.57 bits per heavy atom. The minimum Gasteiger partial charge on any atom is -0.493 e. The third kappa shape index (κ3) is 6.49. The number of rotatable bonds is 10. The number of nitrogens with two attached hydrogens (primary N) is 1. The van der Waals surface area contributed by atoms with Gasteiger partial charge < -0.3 is 20.5 Å². The van der Waals surface area contributed by atoms with E-state index in [1.165, 1.54) is 0 Å². The SMILES string of the molecule is COc1ccc(CCNC(=O)CCCCCN)cc1OC. The number of benzene rings is 1. The van der Waals surface area contributed by atoms with Crippen LogP contribution in [0.25, 0.3) is 0 Å². The molecular formula is C16H26N2O3. The number of unbranched alkanes of at least 4 members (excludes halogenated alkanes) is 2. The Bertz CT molecular complexity index is 436. The normalized spacial score (nSPS) is 10.2. The van der Waals surface area contributed by atoms with Crippen molar-refractivity contribution in [1.29, 1.82) is 0 Å². The van der Waals surface area contributed by atoms with Gasteiger partial charge in [0.05, 0.1) is 14.2 Å². The Morgan fingerprint density at radius 2 is 1.90 bits per heavy atom. The van der Waals surface area contributed by atoms with Crippen molar-refractivity contribution in [3.8, 4) is 11.5 Å². The topological polar surface area (TPSA) is 73.6 Å². The summed E-state index contributed by atoms with van der Waals surface area (Å²) < 4.78 is 10.5. The Balaban J connectivity index is 2.30. The van der Waals surface area contributed by atoms with Crippen LogP contribution in [0, 0.1) is 0 Å². The van der Waals surface area contributed by atoms with E-state index in [0.717, 1.165) is 31.2 Å². The summed E-state index contributed by atoms with van der Waals surface area (Å²) in [5.41, 5.74) is 6.52. The van der Waals surface area contributed by atoms with Crippen molar-refractivity contribution in [1.82, 2.24) is 5.32 Å². The molecule has 0 unspecified atom stereocenters. The smallest absolute Gasteiger partial charge is 0.220 e. The van der Waals surface area contributed by atoms with Crippen LogP contribution in [0.4, 0.5) is 0 Å². The van der Waals surface area contributed by atoms with Gasteiger partial charge in [-0.15, -0.1) is 0 Å². The van der Waals surface area contributed by atoms with Crippen LogP contribution in [0.15, 0.2) is 18.2 Å². The van der Waals surface area contributed by atoms with Gasteiger partial charge in [-0.2, -0.15) is 0 Å². The molecule has 0 radical (unpaired) electrons. The van der Waals surface area contributed by atoms with Crippen molar-refractivity contribution in [2.75, 3.05) is 27.3 Å². The summed E-state index contributed by atoms with van der Waals surface area (Å²) in [5, 5.41) is 2.93. The molecule has 1 amide bonds. The second-order valence-electron chi connectivity index (χ2n) is 4.89. The maximum atomic E-state index is 11.6. The maximum Gasteiger partial charge on any atom is 0.220 e. The third-order valence-electron chi connectivity index (χ3n) is 3.29. The minimum atomic E-state index is 0.104. The summed E-state index contributed by atoms with van der Waals surface area (Å²) in [4.78, 5) is 11.6. The van der Waals surface area contributed by atoms with Crippen molar-refractivity contribution in [2.45, 2.75) is 32.1 Å². The van der Waals surface area contributed by atoms with Crippen LogP contribution >= 0.6 is 0 Å². The lowest BCUT2D eigenvalue weighted by Gasteiger charge is -2.10. The lowest BCUT2D eigenvalue weighted by atomic mass is 10.1. The molecule has 0 atom stereocenters. The van der Waals surface area contributed by atoms with Gasteiger partial charge in [-0.05, 0) is 43.5 Å². The Hall–Kier alpha value is -1.75. The first-order chi connectivity index (χ1) is 10.2. The molecule has 1 aromatic carbocycles. The monoisotopic (exact) mass is 294 g/mol. The van der Waals surface area contributed by atoms with E-state index in [1.807, 2.05) is 18.2 Å². The highest BCUT2D eigenvalue weighted by Gasteiger charge is 2.05. The Labute approximate surface area is 126 Å². The fourth-order valence-corrected chi connectivity index (χ4v) is 2.08. The molecule has 0 spiro atoms. The lowest BCUT2D eigenvalue weighted by Crippen LogP contribution is -2.25. The van der Waals surface area contributed by atoms with Gasteiger partial charge in [-0.1, -0.05) is 12.5 Å². The maximum absolute atomic E-state index is 11.6. The molecule has 1 rings (SSSR count). The summed E-state index contributed by atoms with van der Waals surface area (Å²) in [6, 6.07) is 5.80. The van der Waals surface area contributed by atoms with E-state index < -0.39 is 0 Å². The third-order valence-corrected chi connectivity index (χ3v) is 3.29. The number of amides is 1. The average molecular weight is 294 g/mol. The van der Waals surface area contributed by atoms with Crippen LogP contribution < -0.4 is 20.5 Å². The second kappa shape index (κ2) is 10.0. The summed E-state index contributed by atoms with van der Waals surface area (Å²) in [6.45, 7) is 1.33. The van der Waals surface area contributed by atoms with Crippen molar-refractivity contribution >= 4 is 5.91 Å². The van der Waals surface area contributed by atoms with Crippen molar-refractivity contribution in [3.63, 3.8) is 0 Å². The van der Waals surface area contributed by atoms with E-state index in [9.17, 15) is 4.79 Å². The van der Waals surface area contributed by atoms with Gasteiger partial charge in [0, 0.05) is 13.0 Å².